The van der Waals surface area contributed by atoms with Crippen molar-refractivity contribution >= 4 is 27.9 Å². The second kappa shape index (κ2) is 8.59. The molecule has 0 radical (unpaired) electrons. The van der Waals surface area contributed by atoms with Gasteiger partial charge in [-0.1, -0.05) is 24.6 Å². The number of rotatable bonds is 7. The Kier molecular flexibility index (Phi) is 5.91. The first-order valence-corrected chi connectivity index (χ1v) is 11.5. The van der Waals surface area contributed by atoms with Crippen LogP contribution in [0.4, 0.5) is 10.7 Å². The molecule has 1 aromatic heterocycles. The number of nitrogens with one attached hydrogen (secondary N) is 1. The zero-order valence-corrected chi connectivity index (χ0v) is 18.1. The molecule has 0 aliphatic heterocycles. The molecule has 29 heavy (non-hydrogen) atoms. The summed E-state index contributed by atoms with van der Waals surface area (Å²) in [6, 6.07) is 12.7. The van der Waals surface area contributed by atoms with Gasteiger partial charge in [0, 0.05) is 30.1 Å². The summed E-state index contributed by atoms with van der Waals surface area (Å²) < 4.78 is 0. The van der Waals surface area contributed by atoms with Gasteiger partial charge in [-0.25, -0.2) is 0 Å². The maximum absolute atomic E-state index is 12.8. The number of carbonyl (C=O) groups is 1. The van der Waals surface area contributed by atoms with Crippen molar-refractivity contribution in [3.63, 3.8) is 0 Å². The minimum atomic E-state index is 0.130. The number of fused-ring (bicyclic) bond motifs is 2. The highest BCUT2D eigenvalue weighted by molar-refractivity contribution is 7.16. The van der Waals surface area contributed by atoms with E-state index in [0.29, 0.717) is 11.5 Å². The van der Waals surface area contributed by atoms with E-state index in [2.05, 4.69) is 47.6 Å². The van der Waals surface area contributed by atoms with Gasteiger partial charge in [-0.05, 0) is 68.6 Å². The van der Waals surface area contributed by atoms with E-state index in [-0.39, 0.29) is 11.8 Å². The highest BCUT2D eigenvalue weighted by Gasteiger charge is 2.43. The Bertz CT molecular complexity index is 914. The van der Waals surface area contributed by atoms with Crippen molar-refractivity contribution in [3.05, 3.63) is 46.3 Å². The molecule has 2 bridgehead atoms. The molecule has 4 nitrogen and oxygen atoms in total. The number of aryl methyl sites for hydroxylation is 1. The highest BCUT2D eigenvalue weighted by Crippen LogP contribution is 2.49. The lowest BCUT2D eigenvalue weighted by atomic mass is 9.88. The van der Waals surface area contributed by atoms with Crippen molar-refractivity contribution in [3.8, 4) is 6.07 Å². The van der Waals surface area contributed by atoms with Crippen LogP contribution in [0.5, 0.6) is 0 Å². The molecule has 5 heteroatoms. The number of nitriles is 1. The highest BCUT2D eigenvalue weighted by atomic mass is 32.1. The number of amides is 1. The van der Waals surface area contributed by atoms with Gasteiger partial charge in [-0.2, -0.15) is 5.26 Å². The van der Waals surface area contributed by atoms with Crippen LogP contribution in [-0.2, 0) is 11.2 Å². The maximum atomic E-state index is 12.8. The normalized spacial score (nSPS) is 22.4. The number of benzene rings is 1. The van der Waals surface area contributed by atoms with Crippen molar-refractivity contribution < 1.29 is 4.79 Å². The topological polar surface area (TPSA) is 56.1 Å². The van der Waals surface area contributed by atoms with Gasteiger partial charge in [0.2, 0.25) is 5.91 Å². The second-order valence-corrected chi connectivity index (χ2v) is 9.70. The molecule has 2 aromatic rings. The van der Waals surface area contributed by atoms with Crippen molar-refractivity contribution in [1.29, 1.82) is 5.26 Å². The molecule has 2 saturated carbocycles. The van der Waals surface area contributed by atoms with Gasteiger partial charge in [0.25, 0.3) is 0 Å². The molecular weight excluding hydrogens is 378 g/mol. The van der Waals surface area contributed by atoms with Crippen LogP contribution in [0.1, 0.15) is 48.1 Å². The first-order valence-electron chi connectivity index (χ1n) is 10.7. The van der Waals surface area contributed by atoms with Gasteiger partial charge in [0.15, 0.2) is 0 Å². The second-order valence-electron chi connectivity index (χ2n) is 8.60. The Balaban J connectivity index is 1.38. The quantitative estimate of drug-likeness (QED) is 0.671. The number of nitrogens with zero attached hydrogens (tertiary/aromatic N) is 2. The molecule has 3 atom stereocenters. The molecule has 2 fully saturated rings. The Morgan fingerprint density at radius 2 is 2.07 bits per heavy atom. The van der Waals surface area contributed by atoms with Gasteiger partial charge < -0.3 is 10.2 Å². The lowest BCUT2D eigenvalue weighted by Gasteiger charge is -2.20. The predicted octanol–water partition coefficient (Wildman–Crippen LogP) is 5.37. The minimum Gasteiger partial charge on any atom is -0.375 e. The molecule has 2 aliphatic rings. The van der Waals surface area contributed by atoms with Crippen LogP contribution in [0.25, 0.3) is 0 Å². The van der Waals surface area contributed by atoms with Crippen LogP contribution < -0.4 is 10.2 Å². The fraction of sp³-hybridized carbons (Fsp3) is 0.500. The summed E-state index contributed by atoms with van der Waals surface area (Å²) >= 11 is 1.59. The molecule has 1 amide bonds. The van der Waals surface area contributed by atoms with Crippen LogP contribution in [0, 0.1) is 36.0 Å². The van der Waals surface area contributed by atoms with Crippen LogP contribution in [-0.4, -0.2) is 19.5 Å². The van der Waals surface area contributed by atoms with E-state index in [4.69, 9.17) is 0 Å². The number of anilines is 2. The number of hydrogen-bond donors (Lipinski definition) is 1. The lowest BCUT2D eigenvalue weighted by Crippen LogP contribution is -2.27. The summed E-state index contributed by atoms with van der Waals surface area (Å²) in [5, 5.41) is 13.5. The Labute approximate surface area is 177 Å². The molecule has 0 saturated heterocycles. The number of carbonyl (C=O) groups excluding carboxylic acids is 1. The lowest BCUT2D eigenvalue weighted by molar-refractivity contribution is -0.121. The van der Waals surface area contributed by atoms with Crippen LogP contribution in [0.3, 0.4) is 0 Å². The summed E-state index contributed by atoms with van der Waals surface area (Å²) in [5.74, 6) is 1.57. The van der Waals surface area contributed by atoms with Crippen molar-refractivity contribution in [1.82, 2.24) is 0 Å². The Morgan fingerprint density at radius 1 is 1.28 bits per heavy atom. The van der Waals surface area contributed by atoms with E-state index in [0.717, 1.165) is 42.3 Å². The van der Waals surface area contributed by atoms with Gasteiger partial charge in [-0.3, -0.25) is 4.79 Å². The van der Waals surface area contributed by atoms with E-state index in [9.17, 15) is 10.1 Å². The third-order valence-electron chi connectivity index (χ3n) is 6.76. The zero-order chi connectivity index (χ0) is 20.4. The van der Waals surface area contributed by atoms with Crippen molar-refractivity contribution in [2.75, 3.05) is 23.8 Å². The smallest absolute Gasteiger partial charge is 0.228 e. The molecule has 4 rings (SSSR count). The van der Waals surface area contributed by atoms with Crippen LogP contribution >= 0.6 is 11.3 Å². The first-order chi connectivity index (χ1) is 14.1. The Hall–Kier alpha value is -2.32. The summed E-state index contributed by atoms with van der Waals surface area (Å²) in [5.41, 5.74) is 2.90. The standard InChI is InChI=1S/C24H29N3OS/c1-16-21(15-25)24(26-23(28)20-14-17-10-11-18(20)13-17)29-22(16)9-6-12-27(2)19-7-4-3-5-8-19/h3-5,7-8,17-18,20H,6,9-14H2,1-2H3,(H,26,28)/t17-,18+,20+/m0/s1. The minimum absolute atomic E-state index is 0.130. The molecule has 152 valence electrons. The molecule has 1 N–H and O–H groups in total. The van der Waals surface area contributed by atoms with Gasteiger partial charge >= 0.3 is 0 Å². The Morgan fingerprint density at radius 3 is 2.72 bits per heavy atom. The summed E-state index contributed by atoms with van der Waals surface area (Å²) in [6.07, 6.45) is 6.66. The predicted molar refractivity (Wildman–Crippen MR) is 119 cm³/mol. The number of hydrogen-bond acceptors (Lipinski definition) is 4. The molecule has 1 heterocycles. The fourth-order valence-electron chi connectivity index (χ4n) is 5.08. The first kappa shape index (κ1) is 20.0. The average Bonchev–Trinajstić information content (AvgIpc) is 3.44. The maximum Gasteiger partial charge on any atom is 0.228 e. The molecule has 0 spiro atoms. The third kappa shape index (κ3) is 4.18. The van der Waals surface area contributed by atoms with Crippen LogP contribution in [0.2, 0.25) is 0 Å². The van der Waals surface area contributed by atoms with Crippen LogP contribution in [0.15, 0.2) is 30.3 Å². The van der Waals surface area contributed by atoms with Gasteiger partial charge in [-0.15, -0.1) is 11.3 Å². The summed E-state index contributed by atoms with van der Waals surface area (Å²) in [4.78, 5) is 16.3. The van der Waals surface area contributed by atoms with Gasteiger partial charge in [0.1, 0.15) is 11.1 Å². The molecular formula is C24H29N3OS. The van der Waals surface area contributed by atoms with E-state index >= 15 is 0 Å². The van der Waals surface area contributed by atoms with E-state index in [1.807, 2.05) is 13.0 Å². The van der Waals surface area contributed by atoms with Crippen molar-refractivity contribution in [2.45, 2.75) is 45.4 Å². The molecule has 2 aliphatic carbocycles. The third-order valence-corrected chi connectivity index (χ3v) is 8.03. The zero-order valence-electron chi connectivity index (χ0n) is 17.3. The summed E-state index contributed by atoms with van der Waals surface area (Å²) in [7, 11) is 2.11. The molecule has 0 unspecified atom stereocenters. The van der Waals surface area contributed by atoms with Crippen molar-refractivity contribution in [2.24, 2.45) is 17.8 Å². The van der Waals surface area contributed by atoms with E-state index < -0.39 is 0 Å². The average molecular weight is 408 g/mol. The number of para-hydroxylation sites is 1. The van der Waals surface area contributed by atoms with Gasteiger partial charge in [0.05, 0.1) is 5.56 Å². The largest absolute Gasteiger partial charge is 0.375 e. The SMILES string of the molecule is Cc1c(CCCN(C)c2ccccc2)sc(NC(=O)[C@@H]2C[C@H]3CC[C@@H]2C3)c1C#N. The summed E-state index contributed by atoms with van der Waals surface area (Å²) in [6.45, 7) is 2.97. The van der Waals surface area contributed by atoms with E-state index in [1.54, 1.807) is 11.3 Å². The van der Waals surface area contributed by atoms with E-state index in [1.165, 1.54) is 29.8 Å². The fourth-order valence-corrected chi connectivity index (χ4v) is 6.28. The monoisotopic (exact) mass is 407 g/mol. The molecule has 1 aromatic carbocycles. The number of thiophene rings is 1.